The van der Waals surface area contributed by atoms with Gasteiger partial charge in [-0.05, 0) is 72.9 Å². The third kappa shape index (κ3) is 4.66. The molecule has 0 aromatic heterocycles. The van der Waals surface area contributed by atoms with Gasteiger partial charge in [-0.3, -0.25) is 0 Å². The van der Waals surface area contributed by atoms with Gasteiger partial charge in [0.15, 0.2) is 0 Å². The van der Waals surface area contributed by atoms with Crippen molar-refractivity contribution >= 4 is 11.5 Å². The van der Waals surface area contributed by atoms with E-state index in [1.807, 2.05) is 19.1 Å². The molecule has 140 valence electrons. The number of carbonyl (C=O) groups is 1. The second kappa shape index (κ2) is 8.39. The molecule has 0 saturated heterocycles. The van der Waals surface area contributed by atoms with Gasteiger partial charge < -0.3 is 9.47 Å². The Morgan fingerprint density at radius 1 is 1.27 bits per heavy atom. The van der Waals surface area contributed by atoms with Crippen LogP contribution in [0.2, 0.25) is 0 Å². The van der Waals surface area contributed by atoms with Crippen LogP contribution in [-0.4, -0.2) is 19.7 Å². The second-order valence-electron chi connectivity index (χ2n) is 7.44. The van der Waals surface area contributed by atoms with Crippen molar-refractivity contribution in [2.45, 2.75) is 52.9 Å². The lowest BCUT2D eigenvalue weighted by atomic mass is 9.85. The van der Waals surface area contributed by atoms with Crippen LogP contribution in [0.5, 0.6) is 5.75 Å². The lowest BCUT2D eigenvalue weighted by Crippen LogP contribution is -2.12. The van der Waals surface area contributed by atoms with Gasteiger partial charge in [0.1, 0.15) is 5.75 Å². The van der Waals surface area contributed by atoms with E-state index in [2.05, 4.69) is 39.0 Å². The number of esters is 1. The number of hydrogen-bond donors (Lipinski definition) is 0. The van der Waals surface area contributed by atoms with Crippen LogP contribution >= 0.6 is 0 Å². The highest BCUT2D eigenvalue weighted by atomic mass is 16.5. The molecule has 0 N–H and O–H groups in total. The summed E-state index contributed by atoms with van der Waals surface area (Å²) in [6.07, 6.45) is 9.67. The minimum Gasteiger partial charge on any atom is -0.496 e. The molecule has 26 heavy (non-hydrogen) atoms. The molecule has 0 fully saturated rings. The zero-order valence-corrected chi connectivity index (χ0v) is 16.8. The summed E-state index contributed by atoms with van der Waals surface area (Å²) in [6.45, 7) is 10.8. The van der Waals surface area contributed by atoms with Crippen molar-refractivity contribution < 1.29 is 14.3 Å². The van der Waals surface area contributed by atoms with Gasteiger partial charge in [0.25, 0.3) is 0 Å². The highest BCUT2D eigenvalue weighted by Crippen LogP contribution is 2.43. The van der Waals surface area contributed by atoms with Gasteiger partial charge in [0, 0.05) is 6.08 Å². The van der Waals surface area contributed by atoms with E-state index in [-0.39, 0.29) is 11.4 Å². The largest absolute Gasteiger partial charge is 0.496 e. The average Bonchev–Trinajstić information content (AvgIpc) is 2.89. The maximum Gasteiger partial charge on any atom is 0.330 e. The second-order valence-corrected chi connectivity index (χ2v) is 7.44. The van der Waals surface area contributed by atoms with E-state index < -0.39 is 0 Å². The van der Waals surface area contributed by atoms with Crippen molar-refractivity contribution in [3.05, 3.63) is 58.7 Å². The predicted molar refractivity (Wildman–Crippen MR) is 108 cm³/mol. The lowest BCUT2D eigenvalue weighted by molar-refractivity contribution is -0.137. The summed E-state index contributed by atoms with van der Waals surface area (Å²) < 4.78 is 10.6. The van der Waals surface area contributed by atoms with Crippen LogP contribution in [0.25, 0.3) is 5.57 Å². The Morgan fingerprint density at radius 2 is 2.00 bits per heavy atom. The zero-order valence-electron chi connectivity index (χ0n) is 16.8. The number of ether oxygens (including phenoxy) is 2. The topological polar surface area (TPSA) is 35.5 Å². The van der Waals surface area contributed by atoms with Gasteiger partial charge in [-0.1, -0.05) is 38.1 Å². The molecule has 0 unspecified atom stereocenters. The summed E-state index contributed by atoms with van der Waals surface area (Å²) in [5, 5.41) is 0. The van der Waals surface area contributed by atoms with Crippen LogP contribution in [0.3, 0.4) is 0 Å². The molecule has 3 heteroatoms. The number of methoxy groups -OCH3 is 1. The number of carbonyl (C=O) groups excluding carboxylic acids is 1. The average molecular weight is 354 g/mol. The Hall–Kier alpha value is -2.29. The lowest BCUT2D eigenvalue weighted by Gasteiger charge is -2.20. The third-order valence-electron chi connectivity index (χ3n) is 4.95. The van der Waals surface area contributed by atoms with E-state index in [0.717, 1.165) is 29.7 Å². The highest BCUT2D eigenvalue weighted by Gasteiger charge is 2.32. The smallest absolute Gasteiger partial charge is 0.330 e. The van der Waals surface area contributed by atoms with E-state index in [1.165, 1.54) is 22.8 Å². The van der Waals surface area contributed by atoms with Gasteiger partial charge in [0.05, 0.1) is 13.7 Å². The van der Waals surface area contributed by atoms with Gasteiger partial charge in [-0.25, -0.2) is 4.79 Å². The number of allylic oxidation sites excluding steroid dienone is 5. The van der Waals surface area contributed by atoms with E-state index >= 15 is 0 Å². The summed E-state index contributed by atoms with van der Waals surface area (Å²) in [6, 6.07) is 4.42. The number of hydrogen-bond acceptors (Lipinski definition) is 3. The van der Waals surface area contributed by atoms with Gasteiger partial charge in [-0.2, -0.15) is 0 Å². The molecule has 0 spiro atoms. The van der Waals surface area contributed by atoms with Crippen molar-refractivity contribution in [3.8, 4) is 5.75 Å². The first-order valence-corrected chi connectivity index (χ1v) is 9.20. The molecule has 1 aromatic rings. The van der Waals surface area contributed by atoms with E-state index in [4.69, 9.17) is 9.47 Å². The predicted octanol–water partition coefficient (Wildman–Crippen LogP) is 5.39. The quantitative estimate of drug-likeness (QED) is 0.390. The molecule has 0 radical (unpaired) electrons. The number of benzene rings is 1. The third-order valence-corrected chi connectivity index (χ3v) is 4.95. The molecule has 0 atom stereocenters. The Balaban J connectivity index is 2.24. The van der Waals surface area contributed by atoms with Gasteiger partial charge in [-0.15, -0.1) is 0 Å². The first-order valence-electron chi connectivity index (χ1n) is 9.20. The summed E-state index contributed by atoms with van der Waals surface area (Å²) in [7, 11) is 1.74. The van der Waals surface area contributed by atoms with Crippen LogP contribution in [0.1, 0.15) is 57.7 Å². The van der Waals surface area contributed by atoms with Gasteiger partial charge >= 0.3 is 5.97 Å². The summed E-state index contributed by atoms with van der Waals surface area (Å²) in [5.74, 6) is 0.680. The molecule has 1 aromatic carbocycles. The Labute approximate surface area is 157 Å². The van der Waals surface area contributed by atoms with Crippen LogP contribution in [0.15, 0.2) is 42.0 Å². The SMILES string of the molecule is CCOC(=O)C=C(C)C=CC=C(C)c1cc(OC)c2c(c1)C(C)(C)CC2. The molecule has 1 aliphatic rings. The molecule has 0 saturated carbocycles. The van der Waals surface area contributed by atoms with Crippen molar-refractivity contribution in [1.29, 1.82) is 0 Å². The van der Waals surface area contributed by atoms with Crippen LogP contribution < -0.4 is 4.74 Å². The fourth-order valence-electron chi connectivity index (χ4n) is 3.35. The first kappa shape index (κ1) is 20.0. The van der Waals surface area contributed by atoms with Crippen molar-refractivity contribution in [2.75, 3.05) is 13.7 Å². The minimum atomic E-state index is -0.305. The number of fused-ring (bicyclic) bond motifs is 1. The highest BCUT2D eigenvalue weighted by molar-refractivity contribution is 5.83. The van der Waals surface area contributed by atoms with E-state index in [9.17, 15) is 4.79 Å². The monoisotopic (exact) mass is 354 g/mol. The Morgan fingerprint density at radius 3 is 2.65 bits per heavy atom. The zero-order chi connectivity index (χ0) is 19.3. The molecule has 1 aliphatic carbocycles. The van der Waals surface area contributed by atoms with E-state index in [1.54, 1.807) is 14.0 Å². The fourth-order valence-corrected chi connectivity index (χ4v) is 3.35. The Bertz CT molecular complexity index is 764. The molecule has 0 amide bonds. The summed E-state index contributed by atoms with van der Waals surface area (Å²) >= 11 is 0. The summed E-state index contributed by atoms with van der Waals surface area (Å²) in [4.78, 5) is 11.4. The molecule has 0 aliphatic heterocycles. The molecule has 2 rings (SSSR count). The maximum absolute atomic E-state index is 11.4. The van der Waals surface area contributed by atoms with Gasteiger partial charge in [0.2, 0.25) is 0 Å². The fraction of sp³-hybridized carbons (Fsp3) is 0.435. The van der Waals surface area contributed by atoms with Crippen LogP contribution in [0.4, 0.5) is 0 Å². The van der Waals surface area contributed by atoms with E-state index in [0.29, 0.717) is 6.61 Å². The van der Waals surface area contributed by atoms with Crippen LogP contribution in [-0.2, 0) is 21.4 Å². The molecule has 3 nitrogen and oxygen atoms in total. The molecule has 0 bridgehead atoms. The molecule has 0 heterocycles. The number of rotatable bonds is 6. The standard InChI is InChI=1S/C23H30O3/c1-7-26-22(24)13-16(2)9-8-10-17(3)18-14-20-19(21(15-18)25-6)11-12-23(20,4)5/h8-10,13-15H,7,11-12H2,1-6H3. The first-order chi connectivity index (χ1) is 12.3. The van der Waals surface area contributed by atoms with Crippen molar-refractivity contribution in [3.63, 3.8) is 0 Å². The maximum atomic E-state index is 11.4. The minimum absolute atomic E-state index is 0.188. The normalized spacial score (nSPS) is 16.7. The molecular formula is C23H30O3. The Kier molecular flexibility index (Phi) is 6.47. The van der Waals surface area contributed by atoms with Crippen molar-refractivity contribution in [2.24, 2.45) is 0 Å². The van der Waals surface area contributed by atoms with Crippen molar-refractivity contribution in [1.82, 2.24) is 0 Å². The summed E-state index contributed by atoms with van der Waals surface area (Å²) in [5.41, 5.74) is 6.12. The molecular weight excluding hydrogens is 324 g/mol. The van der Waals surface area contributed by atoms with Crippen LogP contribution in [0, 0.1) is 0 Å².